The van der Waals surface area contributed by atoms with Crippen LogP contribution in [0.3, 0.4) is 0 Å². The van der Waals surface area contributed by atoms with Crippen molar-refractivity contribution in [2.75, 3.05) is 13.1 Å². The number of nitriles is 2. The molecule has 1 fully saturated rings. The van der Waals surface area contributed by atoms with Gasteiger partial charge in [-0.05, 0) is 29.9 Å². The fourth-order valence-electron chi connectivity index (χ4n) is 3.70. The van der Waals surface area contributed by atoms with E-state index in [1.165, 1.54) is 11.1 Å². The van der Waals surface area contributed by atoms with Crippen molar-refractivity contribution in [3.05, 3.63) is 83.6 Å². The smallest absolute Gasteiger partial charge is 0.145 e. The van der Waals surface area contributed by atoms with Gasteiger partial charge in [0.2, 0.25) is 0 Å². The number of rotatable bonds is 4. The van der Waals surface area contributed by atoms with Crippen LogP contribution in [-0.4, -0.2) is 18.0 Å². The van der Waals surface area contributed by atoms with Gasteiger partial charge in [-0.25, -0.2) is 0 Å². The molecule has 3 heteroatoms. The molecule has 0 saturated carbocycles. The van der Waals surface area contributed by atoms with E-state index in [2.05, 4.69) is 65.6 Å². The minimum Gasteiger partial charge on any atom is -0.376 e. The summed E-state index contributed by atoms with van der Waals surface area (Å²) in [6.45, 7) is 1.77. The molecule has 3 nitrogen and oxygen atoms in total. The number of hydrogen-bond donors (Lipinski definition) is 0. The highest BCUT2D eigenvalue weighted by Crippen LogP contribution is 2.37. The highest BCUT2D eigenvalue weighted by molar-refractivity contribution is 5.35. The van der Waals surface area contributed by atoms with E-state index in [0.29, 0.717) is 11.8 Å². The average Bonchev–Trinajstić information content (AvgIpc) is 2.69. The third-order valence-corrected chi connectivity index (χ3v) is 4.92. The lowest BCUT2D eigenvalue weighted by atomic mass is 9.76. The van der Waals surface area contributed by atoms with Crippen LogP contribution in [0.2, 0.25) is 0 Å². The lowest BCUT2D eigenvalue weighted by molar-refractivity contribution is 0.228. The summed E-state index contributed by atoms with van der Waals surface area (Å²) in [6, 6.07) is 25.3. The maximum atomic E-state index is 8.93. The first-order valence-electron chi connectivity index (χ1n) is 8.68. The SMILES string of the molecule is N#CC(C#N)=CN1CCC(C(c2ccccc2)c2ccccc2)CC1. The molecule has 0 spiro atoms. The Morgan fingerprint density at radius 3 is 1.80 bits per heavy atom. The number of allylic oxidation sites excluding steroid dienone is 1. The first-order valence-corrected chi connectivity index (χ1v) is 8.68. The van der Waals surface area contributed by atoms with Gasteiger partial charge < -0.3 is 4.90 Å². The van der Waals surface area contributed by atoms with Crippen LogP contribution in [0.1, 0.15) is 29.9 Å². The second-order valence-electron chi connectivity index (χ2n) is 6.44. The van der Waals surface area contributed by atoms with Gasteiger partial charge in [0.25, 0.3) is 0 Å². The molecule has 1 saturated heterocycles. The zero-order chi connectivity index (χ0) is 17.5. The Morgan fingerprint density at radius 2 is 1.36 bits per heavy atom. The van der Waals surface area contributed by atoms with Crippen LogP contribution >= 0.6 is 0 Å². The summed E-state index contributed by atoms with van der Waals surface area (Å²) < 4.78 is 0. The Hall–Kier alpha value is -3.04. The maximum absolute atomic E-state index is 8.93. The molecule has 0 aliphatic carbocycles. The predicted octanol–water partition coefficient (Wildman–Crippen LogP) is 4.46. The summed E-state index contributed by atoms with van der Waals surface area (Å²) >= 11 is 0. The molecule has 124 valence electrons. The Balaban J connectivity index is 1.80. The molecule has 2 aromatic rings. The number of piperidine rings is 1. The second-order valence-corrected chi connectivity index (χ2v) is 6.44. The van der Waals surface area contributed by atoms with Gasteiger partial charge in [-0.3, -0.25) is 0 Å². The van der Waals surface area contributed by atoms with Crippen molar-refractivity contribution in [2.45, 2.75) is 18.8 Å². The molecule has 25 heavy (non-hydrogen) atoms. The summed E-state index contributed by atoms with van der Waals surface area (Å²) in [7, 11) is 0. The van der Waals surface area contributed by atoms with Gasteiger partial charge in [0.1, 0.15) is 17.7 Å². The van der Waals surface area contributed by atoms with E-state index in [-0.39, 0.29) is 5.57 Å². The van der Waals surface area contributed by atoms with Crippen LogP contribution in [0.5, 0.6) is 0 Å². The standard InChI is InChI=1S/C22H21N3/c23-15-18(16-24)17-25-13-11-21(12-14-25)22(19-7-3-1-4-8-19)20-9-5-2-6-10-20/h1-10,17,21-22H,11-14H2. The highest BCUT2D eigenvalue weighted by atomic mass is 15.1. The lowest BCUT2D eigenvalue weighted by Crippen LogP contribution is -2.32. The molecule has 0 N–H and O–H groups in total. The van der Waals surface area contributed by atoms with Crippen molar-refractivity contribution in [3.63, 3.8) is 0 Å². The Kier molecular flexibility index (Phi) is 5.50. The lowest BCUT2D eigenvalue weighted by Gasteiger charge is -2.36. The van der Waals surface area contributed by atoms with Crippen LogP contribution in [0.4, 0.5) is 0 Å². The van der Waals surface area contributed by atoms with Crippen LogP contribution in [0.15, 0.2) is 72.4 Å². The van der Waals surface area contributed by atoms with E-state index in [9.17, 15) is 0 Å². The van der Waals surface area contributed by atoms with Crippen molar-refractivity contribution in [1.82, 2.24) is 4.90 Å². The van der Waals surface area contributed by atoms with Crippen LogP contribution in [0.25, 0.3) is 0 Å². The molecule has 0 aromatic heterocycles. The Labute approximate surface area is 149 Å². The number of likely N-dealkylation sites (tertiary alicyclic amines) is 1. The fraction of sp³-hybridized carbons (Fsp3) is 0.273. The van der Waals surface area contributed by atoms with Crippen molar-refractivity contribution >= 4 is 0 Å². The van der Waals surface area contributed by atoms with Gasteiger partial charge in [-0.1, -0.05) is 60.7 Å². The van der Waals surface area contributed by atoms with E-state index >= 15 is 0 Å². The Bertz CT molecular complexity index is 733. The van der Waals surface area contributed by atoms with E-state index in [4.69, 9.17) is 10.5 Å². The largest absolute Gasteiger partial charge is 0.376 e. The maximum Gasteiger partial charge on any atom is 0.145 e. The van der Waals surface area contributed by atoms with Crippen molar-refractivity contribution in [1.29, 1.82) is 10.5 Å². The second kappa shape index (κ2) is 8.18. The average molecular weight is 327 g/mol. The molecular formula is C22H21N3. The van der Waals surface area contributed by atoms with Gasteiger partial charge in [-0.2, -0.15) is 10.5 Å². The molecule has 1 aliphatic rings. The van der Waals surface area contributed by atoms with Crippen molar-refractivity contribution in [2.24, 2.45) is 5.92 Å². The summed E-state index contributed by atoms with van der Waals surface area (Å²) in [5.41, 5.74) is 2.90. The van der Waals surface area contributed by atoms with Gasteiger partial charge in [0.05, 0.1) is 0 Å². The van der Waals surface area contributed by atoms with E-state index in [0.717, 1.165) is 25.9 Å². The molecule has 1 aliphatic heterocycles. The topological polar surface area (TPSA) is 50.8 Å². The Morgan fingerprint density at radius 1 is 0.880 bits per heavy atom. The van der Waals surface area contributed by atoms with Crippen LogP contribution < -0.4 is 0 Å². The summed E-state index contributed by atoms with van der Waals surface area (Å²) in [5.74, 6) is 0.946. The number of nitrogens with zero attached hydrogens (tertiary/aromatic N) is 3. The van der Waals surface area contributed by atoms with Gasteiger partial charge in [0.15, 0.2) is 0 Å². The molecule has 1 heterocycles. The van der Waals surface area contributed by atoms with Gasteiger partial charge in [-0.15, -0.1) is 0 Å². The van der Waals surface area contributed by atoms with Crippen LogP contribution in [-0.2, 0) is 0 Å². The van der Waals surface area contributed by atoms with Crippen LogP contribution in [0, 0.1) is 28.6 Å². The third kappa shape index (κ3) is 4.08. The molecule has 3 rings (SSSR count). The number of hydrogen-bond acceptors (Lipinski definition) is 3. The van der Waals surface area contributed by atoms with E-state index in [1.54, 1.807) is 6.20 Å². The zero-order valence-corrected chi connectivity index (χ0v) is 14.2. The van der Waals surface area contributed by atoms with E-state index < -0.39 is 0 Å². The number of benzene rings is 2. The molecule has 0 atom stereocenters. The highest BCUT2D eigenvalue weighted by Gasteiger charge is 2.28. The monoisotopic (exact) mass is 327 g/mol. The summed E-state index contributed by atoms with van der Waals surface area (Å²) in [4.78, 5) is 2.10. The summed E-state index contributed by atoms with van der Waals surface area (Å²) in [6.07, 6.45) is 3.81. The normalized spacial score (nSPS) is 14.6. The predicted molar refractivity (Wildman–Crippen MR) is 98.3 cm³/mol. The van der Waals surface area contributed by atoms with E-state index in [1.807, 2.05) is 12.1 Å². The van der Waals surface area contributed by atoms with Gasteiger partial charge >= 0.3 is 0 Å². The molecule has 2 aromatic carbocycles. The first-order chi connectivity index (χ1) is 12.3. The summed E-state index contributed by atoms with van der Waals surface area (Å²) in [5, 5.41) is 17.9. The minimum absolute atomic E-state index is 0.182. The first kappa shape index (κ1) is 16.8. The van der Waals surface area contributed by atoms with Crippen molar-refractivity contribution in [3.8, 4) is 12.1 Å². The molecule has 0 unspecified atom stereocenters. The third-order valence-electron chi connectivity index (χ3n) is 4.92. The molecule has 0 amide bonds. The zero-order valence-electron chi connectivity index (χ0n) is 14.2. The fourth-order valence-corrected chi connectivity index (χ4v) is 3.70. The minimum atomic E-state index is 0.182. The molecule has 0 radical (unpaired) electrons. The molecule has 0 bridgehead atoms. The van der Waals surface area contributed by atoms with Crippen molar-refractivity contribution < 1.29 is 0 Å². The molecular weight excluding hydrogens is 306 g/mol. The quantitative estimate of drug-likeness (QED) is 0.779. The van der Waals surface area contributed by atoms with Gasteiger partial charge in [0, 0.05) is 25.2 Å².